The van der Waals surface area contributed by atoms with Crippen LogP contribution < -0.4 is 20.0 Å². The van der Waals surface area contributed by atoms with Crippen LogP contribution in [-0.4, -0.2) is 128 Å². The molecule has 352 valence electrons. The molecule has 10 rings (SSSR count). The highest BCUT2D eigenvalue weighted by Gasteiger charge is 2.41. The monoisotopic (exact) mass is 908 g/mol. The van der Waals surface area contributed by atoms with Crippen molar-refractivity contribution in [2.24, 2.45) is 0 Å². The average molecular weight is 909 g/mol. The number of rotatable bonds is 10. The van der Waals surface area contributed by atoms with Crippen LogP contribution in [0.15, 0.2) is 36.7 Å². The lowest BCUT2D eigenvalue weighted by atomic mass is 9.91. The molecule has 20 heteroatoms. The minimum atomic E-state index is -2.72. The highest BCUT2D eigenvalue weighted by Crippen LogP contribution is 2.41. The third-order valence-electron chi connectivity index (χ3n) is 12.6. The molecule has 4 aromatic rings. The summed E-state index contributed by atoms with van der Waals surface area (Å²) < 4.78 is 75.0. The van der Waals surface area contributed by atoms with E-state index in [1.807, 2.05) is 30.6 Å². The molecule has 16 nitrogen and oxygen atoms in total. The molecule has 4 aromatic heterocycles. The van der Waals surface area contributed by atoms with Gasteiger partial charge in [0.2, 0.25) is 11.8 Å². The van der Waals surface area contributed by atoms with E-state index in [0.29, 0.717) is 93.5 Å². The number of halogens is 4. The highest BCUT2D eigenvalue weighted by molar-refractivity contribution is 5.88. The Morgan fingerprint density at radius 1 is 0.692 bits per heavy atom. The predicted molar refractivity (Wildman–Crippen MR) is 235 cm³/mol. The maximum Gasteiger partial charge on any atom is 0.416 e. The molecule has 0 radical (unpaired) electrons. The summed E-state index contributed by atoms with van der Waals surface area (Å²) in [5.41, 5.74) is 1.32. The van der Waals surface area contributed by atoms with E-state index in [1.54, 1.807) is 36.2 Å². The Morgan fingerprint density at radius 3 is 1.66 bits per heavy atom. The van der Waals surface area contributed by atoms with Crippen LogP contribution >= 0.6 is 0 Å². The number of alkyl halides is 4. The van der Waals surface area contributed by atoms with Crippen LogP contribution in [0.1, 0.15) is 121 Å². The highest BCUT2D eigenvalue weighted by atomic mass is 19.3. The van der Waals surface area contributed by atoms with Gasteiger partial charge in [0.25, 0.3) is 11.9 Å². The molecule has 0 spiro atoms. The first-order chi connectivity index (χ1) is 31.1. The van der Waals surface area contributed by atoms with Crippen molar-refractivity contribution < 1.29 is 36.6 Å². The first kappa shape index (κ1) is 45.1. The number of amides is 1. The zero-order valence-electron chi connectivity index (χ0n) is 37.5. The van der Waals surface area contributed by atoms with Gasteiger partial charge in [-0.1, -0.05) is 0 Å². The van der Waals surface area contributed by atoms with E-state index < -0.39 is 29.6 Å². The number of carbonyl (C=O) groups excluding carboxylic acids is 1. The fourth-order valence-corrected chi connectivity index (χ4v) is 8.65. The number of anilines is 4. The maximum atomic E-state index is 14.0. The number of hydrogen-bond acceptors (Lipinski definition) is 13. The van der Waals surface area contributed by atoms with Crippen LogP contribution in [0.2, 0.25) is 0 Å². The molecule has 1 amide bonds. The molecule has 1 N–H and O–H groups in total. The third-order valence-corrected chi connectivity index (χ3v) is 12.6. The lowest BCUT2D eigenvalue weighted by Gasteiger charge is -2.37. The first-order valence-corrected chi connectivity index (χ1v) is 23.2. The second-order valence-electron chi connectivity index (χ2n) is 19.1. The van der Waals surface area contributed by atoms with Crippen LogP contribution in [0.5, 0.6) is 0 Å². The van der Waals surface area contributed by atoms with E-state index in [1.165, 1.54) is 17.7 Å². The van der Waals surface area contributed by atoms with Gasteiger partial charge in [0.15, 0.2) is 0 Å². The summed E-state index contributed by atoms with van der Waals surface area (Å²) in [6.45, 7) is 10.6. The molecule has 65 heavy (non-hydrogen) atoms. The van der Waals surface area contributed by atoms with Crippen molar-refractivity contribution >= 4 is 29.4 Å². The number of morpholine rings is 2. The first-order valence-electron chi connectivity index (χ1n) is 23.2. The van der Waals surface area contributed by atoms with Crippen molar-refractivity contribution in [3.63, 3.8) is 0 Å². The Labute approximate surface area is 376 Å². The number of carbonyl (C=O) groups is 1. The summed E-state index contributed by atoms with van der Waals surface area (Å²) in [4.78, 5) is 38.0. The Balaban J connectivity index is 0.000000168. The number of nitrogens with zero attached hydrogens (tertiary/aromatic N) is 11. The minimum Gasteiger partial charge on any atom is -0.443 e. The van der Waals surface area contributed by atoms with Gasteiger partial charge < -0.3 is 29.3 Å². The second kappa shape index (κ2) is 18.6. The zero-order chi connectivity index (χ0) is 45.3. The number of aromatic nitrogens is 8. The van der Waals surface area contributed by atoms with Crippen LogP contribution in [-0.2, 0) is 14.2 Å². The summed E-state index contributed by atoms with van der Waals surface area (Å²) in [5.74, 6) is -0.968. The summed E-state index contributed by atoms with van der Waals surface area (Å²) in [7, 11) is 0. The van der Waals surface area contributed by atoms with Crippen molar-refractivity contribution in [1.29, 1.82) is 0 Å². The standard InChI is InChI=1S/C25H34F2N6O3.C20H26F2N6O/c1-24(2,3)36-23(34)33(18-6-9-25(26,27)10-7-18)21-16-20(31-12-14-35-15-13-31)28-22(29-21)32-11-8-19(30-32)17-4-5-17;21-20(22)6-3-15(4-7-20)23-17-13-18(27-9-11-29-12-10-27)25-19(24-17)28-8-5-16(26-28)14-1-2-14/h8,11,16-18H,4-7,9-10,12-15H2,1-3H3;5,8,13-15H,1-4,6-7,9-12H2,(H,23,24,25). The van der Waals surface area contributed by atoms with Gasteiger partial charge in [0, 0.05) is 100 Å². The zero-order valence-corrected chi connectivity index (χ0v) is 37.5. The Bertz CT molecular complexity index is 2250. The van der Waals surface area contributed by atoms with Crippen molar-refractivity contribution in [2.75, 3.05) is 72.6 Å². The fourth-order valence-electron chi connectivity index (χ4n) is 8.65. The molecule has 4 aliphatic carbocycles. The van der Waals surface area contributed by atoms with E-state index >= 15 is 0 Å². The normalized spacial score (nSPS) is 21.6. The molecule has 4 saturated carbocycles. The molecule has 2 saturated heterocycles. The summed E-state index contributed by atoms with van der Waals surface area (Å²) in [6, 6.07) is 7.19. The van der Waals surface area contributed by atoms with Crippen molar-refractivity contribution in [1.82, 2.24) is 39.5 Å². The number of nitrogens with one attached hydrogen (secondary N) is 1. The molecule has 6 heterocycles. The van der Waals surface area contributed by atoms with E-state index in [9.17, 15) is 22.4 Å². The van der Waals surface area contributed by atoms with Gasteiger partial charge in [-0.3, -0.25) is 4.90 Å². The Hall–Kier alpha value is -5.11. The maximum absolute atomic E-state index is 14.0. The van der Waals surface area contributed by atoms with Gasteiger partial charge in [-0.2, -0.15) is 30.1 Å². The third kappa shape index (κ3) is 11.7. The fraction of sp³-hybridized carbons (Fsp3) is 0.667. The van der Waals surface area contributed by atoms with E-state index in [-0.39, 0.29) is 44.6 Å². The molecule has 6 aliphatic rings. The van der Waals surface area contributed by atoms with Gasteiger partial charge in [-0.25, -0.2) is 31.7 Å². The van der Waals surface area contributed by atoms with Crippen molar-refractivity contribution in [3.05, 3.63) is 48.0 Å². The van der Waals surface area contributed by atoms with Crippen LogP contribution in [0, 0.1) is 0 Å². The minimum absolute atomic E-state index is 0.00504. The summed E-state index contributed by atoms with van der Waals surface area (Å²) in [6.07, 6.45) is 8.20. The SMILES string of the molecule is CC(C)(C)OC(=O)N(c1cc(N2CCOCC2)nc(-n2ccc(C3CC3)n2)n1)C1CCC(F)(F)CC1.FC1(F)CCC(Nc2cc(N3CCOCC3)nc(-n3ccc(C4CC4)n3)n2)CC1. The summed E-state index contributed by atoms with van der Waals surface area (Å²) in [5, 5.41) is 12.7. The lowest BCUT2D eigenvalue weighted by molar-refractivity contribution is -0.0389. The van der Waals surface area contributed by atoms with Gasteiger partial charge in [-0.15, -0.1) is 0 Å². The average Bonchev–Trinajstić information content (AvgIpc) is 4.22. The Kier molecular flexibility index (Phi) is 12.9. The molecule has 2 aliphatic heterocycles. The van der Waals surface area contributed by atoms with Crippen LogP contribution in [0.25, 0.3) is 11.9 Å². The number of ether oxygens (including phenoxy) is 3. The van der Waals surface area contributed by atoms with Crippen molar-refractivity contribution in [3.8, 4) is 11.9 Å². The molecule has 0 unspecified atom stereocenters. The van der Waals surface area contributed by atoms with Gasteiger partial charge in [-0.05, 0) is 84.3 Å². The second-order valence-corrected chi connectivity index (χ2v) is 19.1. The molecule has 0 bridgehead atoms. The van der Waals surface area contributed by atoms with Crippen LogP contribution in [0.4, 0.5) is 45.6 Å². The Morgan fingerprint density at radius 2 is 1.17 bits per heavy atom. The van der Waals surface area contributed by atoms with E-state index in [2.05, 4.69) is 30.3 Å². The van der Waals surface area contributed by atoms with E-state index in [4.69, 9.17) is 29.2 Å². The smallest absolute Gasteiger partial charge is 0.416 e. The van der Waals surface area contributed by atoms with Crippen LogP contribution in [0.3, 0.4) is 0 Å². The predicted octanol–water partition coefficient (Wildman–Crippen LogP) is 8.06. The largest absolute Gasteiger partial charge is 0.443 e. The van der Waals surface area contributed by atoms with Gasteiger partial charge in [0.1, 0.15) is 28.9 Å². The molecule has 0 aromatic carbocycles. The van der Waals surface area contributed by atoms with Gasteiger partial charge in [0.05, 0.1) is 37.8 Å². The quantitative estimate of drug-likeness (QED) is 0.153. The number of hydrogen-bond donors (Lipinski definition) is 1. The van der Waals surface area contributed by atoms with Crippen molar-refractivity contribution in [2.45, 2.75) is 139 Å². The molecule has 6 fully saturated rings. The molecular formula is C45H60F4N12O4. The van der Waals surface area contributed by atoms with Gasteiger partial charge >= 0.3 is 6.09 Å². The van der Waals surface area contributed by atoms with E-state index in [0.717, 1.165) is 43.1 Å². The molecular weight excluding hydrogens is 849 g/mol. The molecule has 0 atom stereocenters. The summed E-state index contributed by atoms with van der Waals surface area (Å²) >= 11 is 0. The lowest BCUT2D eigenvalue weighted by Crippen LogP contribution is -2.47. The topological polar surface area (TPSA) is 154 Å².